The predicted molar refractivity (Wildman–Crippen MR) is 98.8 cm³/mol. The number of aromatic amines is 1. The molecule has 150 valence electrons. The zero-order chi connectivity index (χ0) is 20.1. The average molecular weight is 400 g/mol. The number of hydrogen-bond donors (Lipinski definition) is 4. The normalized spacial score (nSPS) is 25.1. The van der Waals surface area contributed by atoms with Gasteiger partial charge in [0.1, 0.15) is 29.5 Å². The van der Waals surface area contributed by atoms with Crippen molar-refractivity contribution in [2.24, 2.45) is 11.8 Å². The molecule has 2 heterocycles. The van der Waals surface area contributed by atoms with E-state index in [0.29, 0.717) is 28.7 Å². The number of carbonyl (C=O) groups is 1. The first-order valence-electron chi connectivity index (χ1n) is 9.37. The van der Waals surface area contributed by atoms with Gasteiger partial charge in [0.05, 0.1) is 17.5 Å². The van der Waals surface area contributed by atoms with Gasteiger partial charge >= 0.3 is 0 Å². The van der Waals surface area contributed by atoms with E-state index >= 15 is 0 Å². The predicted octanol–water partition coefficient (Wildman–Crippen LogP) is 1.74. The van der Waals surface area contributed by atoms with Crippen LogP contribution in [0.1, 0.15) is 28.9 Å². The highest BCUT2D eigenvalue weighted by Gasteiger charge is 2.53. The van der Waals surface area contributed by atoms with Crippen LogP contribution in [0.25, 0.3) is 11.0 Å². The number of aromatic nitrogens is 4. The molecule has 0 radical (unpaired) electrons. The number of amides is 1. The van der Waals surface area contributed by atoms with Crippen LogP contribution in [0.3, 0.4) is 0 Å². The van der Waals surface area contributed by atoms with Crippen molar-refractivity contribution in [2.75, 3.05) is 5.32 Å². The molecule has 29 heavy (non-hydrogen) atoms. The zero-order valence-corrected chi connectivity index (χ0v) is 15.2. The molecule has 0 aliphatic heterocycles. The number of aliphatic hydroxyl groups is 1. The highest BCUT2D eigenvalue weighted by molar-refractivity contribution is 6.07. The highest BCUT2D eigenvalue weighted by atomic mass is 19.1. The van der Waals surface area contributed by atoms with E-state index in [1.165, 1.54) is 6.33 Å². The van der Waals surface area contributed by atoms with Crippen molar-refractivity contribution in [3.63, 3.8) is 0 Å². The van der Waals surface area contributed by atoms with E-state index in [0.717, 1.165) is 31.0 Å². The Bertz CT molecular complexity index is 1100. The quantitative estimate of drug-likeness (QED) is 0.519. The van der Waals surface area contributed by atoms with Gasteiger partial charge in [-0.3, -0.25) is 9.89 Å². The molecule has 1 amide bonds. The van der Waals surface area contributed by atoms with Crippen molar-refractivity contribution in [1.29, 1.82) is 0 Å². The van der Waals surface area contributed by atoms with Crippen LogP contribution in [-0.4, -0.2) is 43.3 Å². The number of fused-ring (bicyclic) bond motifs is 2. The van der Waals surface area contributed by atoms with Crippen LogP contribution in [0.15, 0.2) is 24.5 Å². The summed E-state index contributed by atoms with van der Waals surface area (Å²) in [6.45, 7) is -0.190. The van der Waals surface area contributed by atoms with Gasteiger partial charge < -0.3 is 15.7 Å². The number of nitrogens with one attached hydrogen (secondary N) is 3. The molecule has 10 heteroatoms. The fourth-order valence-corrected chi connectivity index (χ4v) is 4.12. The molecule has 0 unspecified atom stereocenters. The third-order valence-electron chi connectivity index (χ3n) is 5.73. The zero-order valence-electron chi connectivity index (χ0n) is 15.2. The first-order valence-corrected chi connectivity index (χ1v) is 9.37. The lowest BCUT2D eigenvalue weighted by Crippen LogP contribution is -2.32. The average Bonchev–Trinajstić information content (AvgIpc) is 3.22. The van der Waals surface area contributed by atoms with Crippen LogP contribution in [0.2, 0.25) is 0 Å². The molecule has 2 saturated carbocycles. The molecule has 8 nitrogen and oxygen atoms in total. The molecule has 2 aliphatic carbocycles. The number of hydrogen-bond acceptors (Lipinski definition) is 6. The van der Waals surface area contributed by atoms with Crippen LogP contribution in [0.5, 0.6) is 0 Å². The molecule has 4 N–H and O–H groups in total. The van der Waals surface area contributed by atoms with Crippen LogP contribution < -0.4 is 10.6 Å². The Morgan fingerprint density at radius 3 is 2.93 bits per heavy atom. The molecular formula is C19H18F2N6O2. The van der Waals surface area contributed by atoms with Gasteiger partial charge in [-0.15, -0.1) is 0 Å². The van der Waals surface area contributed by atoms with E-state index in [1.54, 1.807) is 0 Å². The van der Waals surface area contributed by atoms with Gasteiger partial charge in [-0.05, 0) is 42.9 Å². The summed E-state index contributed by atoms with van der Waals surface area (Å²) in [6.07, 6.45) is 2.77. The lowest BCUT2D eigenvalue weighted by atomic mass is 10.1. The van der Waals surface area contributed by atoms with Crippen molar-refractivity contribution < 1.29 is 18.7 Å². The smallest absolute Gasteiger partial charge is 0.270 e. The summed E-state index contributed by atoms with van der Waals surface area (Å²) in [4.78, 5) is 21.0. The summed E-state index contributed by atoms with van der Waals surface area (Å²) >= 11 is 0. The minimum absolute atomic E-state index is 0.0325. The Hall–Kier alpha value is -3.14. The van der Waals surface area contributed by atoms with Crippen LogP contribution in [0.4, 0.5) is 14.6 Å². The second-order valence-electron chi connectivity index (χ2n) is 7.57. The van der Waals surface area contributed by atoms with Crippen molar-refractivity contribution in [3.05, 3.63) is 47.4 Å². The summed E-state index contributed by atoms with van der Waals surface area (Å²) in [5.41, 5.74) is 0.435. The fourth-order valence-electron chi connectivity index (χ4n) is 4.12. The van der Waals surface area contributed by atoms with Gasteiger partial charge in [-0.25, -0.2) is 18.7 Å². The number of H-pyrrole nitrogens is 1. The van der Waals surface area contributed by atoms with E-state index < -0.39 is 23.6 Å². The summed E-state index contributed by atoms with van der Waals surface area (Å²) in [7, 11) is 0. The minimum Gasteiger partial charge on any atom is -0.391 e. The molecule has 4 atom stereocenters. The summed E-state index contributed by atoms with van der Waals surface area (Å²) < 4.78 is 27.1. The van der Waals surface area contributed by atoms with E-state index in [2.05, 4.69) is 30.8 Å². The van der Waals surface area contributed by atoms with Crippen molar-refractivity contribution in [1.82, 2.24) is 25.5 Å². The van der Waals surface area contributed by atoms with Gasteiger partial charge in [-0.2, -0.15) is 5.10 Å². The van der Waals surface area contributed by atoms with Crippen LogP contribution in [-0.2, 0) is 6.54 Å². The molecule has 5 rings (SSSR count). The number of anilines is 1. The Balaban J connectivity index is 1.38. The Morgan fingerprint density at radius 2 is 2.14 bits per heavy atom. The van der Waals surface area contributed by atoms with Crippen LogP contribution in [0, 0.1) is 23.5 Å². The molecule has 1 aromatic carbocycles. The highest BCUT2D eigenvalue weighted by Crippen LogP contribution is 2.52. The van der Waals surface area contributed by atoms with Gasteiger partial charge in [0.15, 0.2) is 5.65 Å². The Morgan fingerprint density at radius 1 is 1.28 bits per heavy atom. The second kappa shape index (κ2) is 6.73. The largest absolute Gasteiger partial charge is 0.391 e. The van der Waals surface area contributed by atoms with E-state index in [4.69, 9.17) is 0 Å². The molecule has 2 aromatic heterocycles. The number of nitrogens with zero attached hydrogens (tertiary/aromatic N) is 3. The first-order chi connectivity index (χ1) is 14.0. The summed E-state index contributed by atoms with van der Waals surface area (Å²) in [5, 5.41) is 23.2. The Kier molecular flexibility index (Phi) is 4.16. The van der Waals surface area contributed by atoms with Gasteiger partial charge in [0, 0.05) is 12.1 Å². The summed E-state index contributed by atoms with van der Waals surface area (Å²) in [5.74, 6) is -0.484. The monoisotopic (exact) mass is 400 g/mol. The van der Waals surface area contributed by atoms with Gasteiger partial charge in [-0.1, -0.05) is 0 Å². The standard InChI is InChI=1S/C19H18F2N6O2/c20-10-1-2-12(21)9(3-10)6-22-19(29)15-14-17(23-7-24-18(14)27-26-15)25-13-5-8-4-11(8)16(13)28/h1-3,7-8,11,13,16,28H,4-6H2,(H,22,29)(H2,23,24,25,26,27)/t8-,11-,13-,16-/m0/s1. The van der Waals surface area contributed by atoms with Gasteiger partial charge in [0.25, 0.3) is 5.91 Å². The van der Waals surface area contributed by atoms with Crippen molar-refractivity contribution in [2.45, 2.75) is 31.5 Å². The topological polar surface area (TPSA) is 116 Å². The Labute approximate surface area is 163 Å². The maximum Gasteiger partial charge on any atom is 0.270 e. The minimum atomic E-state index is -0.611. The maximum absolute atomic E-state index is 13.8. The number of rotatable bonds is 5. The lowest BCUT2D eigenvalue weighted by Gasteiger charge is -2.20. The lowest BCUT2D eigenvalue weighted by molar-refractivity contribution is 0.0947. The number of benzene rings is 1. The number of carbonyl (C=O) groups excluding carboxylic acids is 1. The molecule has 0 saturated heterocycles. The number of aliphatic hydroxyl groups excluding tert-OH is 1. The molecule has 2 fully saturated rings. The first kappa shape index (κ1) is 17.9. The fraction of sp³-hybridized carbons (Fsp3) is 0.368. The summed E-state index contributed by atoms with van der Waals surface area (Å²) in [6, 6.07) is 2.91. The molecule has 0 spiro atoms. The van der Waals surface area contributed by atoms with E-state index in [1.807, 2.05) is 0 Å². The second-order valence-corrected chi connectivity index (χ2v) is 7.57. The van der Waals surface area contributed by atoms with E-state index in [9.17, 15) is 18.7 Å². The third kappa shape index (κ3) is 3.19. The van der Waals surface area contributed by atoms with E-state index in [-0.39, 0.29) is 23.8 Å². The molecule has 2 aliphatic rings. The van der Waals surface area contributed by atoms with Crippen LogP contribution >= 0.6 is 0 Å². The molecule has 0 bridgehead atoms. The van der Waals surface area contributed by atoms with Crippen molar-refractivity contribution >= 4 is 22.8 Å². The SMILES string of the molecule is O=C(NCc1cc(F)ccc1F)c1[nH]nc2ncnc(N[C@H]3C[C@@H]4C[C@@H]4[C@@H]3O)c12. The number of halogens is 2. The van der Waals surface area contributed by atoms with Gasteiger partial charge in [0.2, 0.25) is 0 Å². The van der Waals surface area contributed by atoms with Crippen molar-refractivity contribution in [3.8, 4) is 0 Å². The maximum atomic E-state index is 13.8. The third-order valence-corrected chi connectivity index (χ3v) is 5.73. The molecular weight excluding hydrogens is 382 g/mol. The molecule has 3 aromatic rings.